The molecule has 0 saturated carbocycles. The van der Waals surface area contributed by atoms with Crippen LogP contribution in [0.15, 0.2) is 58.2 Å². The first-order valence-electron chi connectivity index (χ1n) is 8.45. The Hall–Kier alpha value is -1.17. The molecular weight excluding hydrogens is 408 g/mol. The van der Waals surface area contributed by atoms with Crippen LogP contribution in [0.4, 0.5) is 0 Å². The number of rotatable bonds is 11. The van der Waals surface area contributed by atoms with E-state index in [1.54, 1.807) is 12.2 Å². The van der Waals surface area contributed by atoms with Crippen LogP contribution in [0.1, 0.15) is 12.8 Å². The number of sulfonamides is 2. The summed E-state index contributed by atoms with van der Waals surface area (Å²) in [5.41, 5.74) is 0. The van der Waals surface area contributed by atoms with Crippen molar-refractivity contribution in [2.75, 3.05) is 25.4 Å². The Morgan fingerprint density at radius 2 is 1.74 bits per heavy atom. The molecule has 0 spiro atoms. The summed E-state index contributed by atoms with van der Waals surface area (Å²) in [6, 6.07) is 5.14. The van der Waals surface area contributed by atoms with E-state index in [-0.39, 0.29) is 29.0 Å². The second-order valence-corrected chi connectivity index (χ2v) is 10.3. The summed E-state index contributed by atoms with van der Waals surface area (Å²) in [5, 5.41) is 1.82. The van der Waals surface area contributed by atoms with Gasteiger partial charge >= 0.3 is 0 Å². The highest BCUT2D eigenvalue weighted by Crippen LogP contribution is 2.16. The lowest BCUT2D eigenvalue weighted by atomic mass is 10.2. The topological polar surface area (TPSA) is 102 Å². The zero-order chi connectivity index (χ0) is 19.8. The van der Waals surface area contributed by atoms with Crippen molar-refractivity contribution >= 4 is 31.8 Å². The Morgan fingerprint density at radius 1 is 1.11 bits per heavy atom. The van der Waals surface area contributed by atoms with E-state index >= 15 is 0 Å². The lowest BCUT2D eigenvalue weighted by Gasteiger charge is -2.12. The summed E-state index contributed by atoms with van der Waals surface area (Å²) in [6.07, 6.45) is 5.05. The molecule has 0 amide bonds. The third kappa shape index (κ3) is 7.05. The van der Waals surface area contributed by atoms with Gasteiger partial charge in [0, 0.05) is 25.4 Å². The van der Waals surface area contributed by atoms with Crippen LogP contribution in [0, 0.1) is 0 Å². The van der Waals surface area contributed by atoms with Gasteiger partial charge in [-0.1, -0.05) is 18.7 Å². The second kappa shape index (κ2) is 10.4. The molecule has 150 valence electrons. The molecule has 10 heteroatoms. The Bertz CT molecular complexity index is 843. The Kier molecular flexibility index (Phi) is 8.52. The second-order valence-electron chi connectivity index (χ2n) is 5.79. The van der Waals surface area contributed by atoms with Gasteiger partial charge in [0.25, 0.3) is 0 Å². The highest BCUT2D eigenvalue weighted by Gasteiger charge is 2.21. The van der Waals surface area contributed by atoms with E-state index in [9.17, 15) is 16.8 Å². The van der Waals surface area contributed by atoms with Crippen LogP contribution < -0.4 is 9.44 Å². The minimum Gasteiger partial charge on any atom is -0.377 e. The van der Waals surface area contributed by atoms with Crippen LogP contribution in [0.25, 0.3) is 0 Å². The van der Waals surface area contributed by atoms with E-state index < -0.39 is 20.0 Å². The smallest absolute Gasteiger partial charge is 0.240 e. The quantitative estimate of drug-likeness (QED) is 0.409. The van der Waals surface area contributed by atoms with Gasteiger partial charge in [-0.3, -0.25) is 0 Å². The zero-order valence-corrected chi connectivity index (χ0v) is 17.3. The molecule has 7 nitrogen and oxygen atoms in total. The molecule has 1 heterocycles. The molecule has 27 heavy (non-hydrogen) atoms. The molecule has 1 aliphatic heterocycles. The first-order chi connectivity index (χ1) is 12.8. The van der Waals surface area contributed by atoms with E-state index in [2.05, 4.69) is 16.0 Å². The normalized spacial score (nSPS) is 18.1. The maximum absolute atomic E-state index is 12.3. The van der Waals surface area contributed by atoms with E-state index in [0.29, 0.717) is 12.4 Å². The molecule has 1 fully saturated rings. The molecular formula is C17H24N2O5S3. The van der Waals surface area contributed by atoms with Crippen LogP contribution in [-0.4, -0.2) is 48.4 Å². The fourth-order valence-corrected chi connectivity index (χ4v) is 5.19. The average molecular weight is 433 g/mol. The fourth-order valence-electron chi connectivity index (χ4n) is 2.39. The number of allylic oxidation sites excluding steroid dienone is 2. The van der Waals surface area contributed by atoms with Crippen LogP contribution in [0.3, 0.4) is 0 Å². The molecule has 2 N–H and O–H groups in total. The van der Waals surface area contributed by atoms with Crippen LogP contribution in [-0.2, 0) is 24.8 Å². The summed E-state index contributed by atoms with van der Waals surface area (Å²) in [4.78, 5) is 0.0387. The van der Waals surface area contributed by atoms with Gasteiger partial charge in [0.05, 0.1) is 15.9 Å². The van der Waals surface area contributed by atoms with Crippen molar-refractivity contribution < 1.29 is 21.6 Å². The average Bonchev–Trinajstić information content (AvgIpc) is 3.17. The summed E-state index contributed by atoms with van der Waals surface area (Å²) >= 11 is 1.46. The SMILES string of the molecule is C=C/C=C\SCCNS(=O)(=O)c1ccc(S(=O)(=O)NCC2CCCO2)cc1. The van der Waals surface area contributed by atoms with E-state index in [1.807, 2.05) is 5.41 Å². The Morgan fingerprint density at radius 3 is 2.30 bits per heavy atom. The highest BCUT2D eigenvalue weighted by atomic mass is 32.2. The first-order valence-corrected chi connectivity index (χ1v) is 12.5. The minimum atomic E-state index is -3.70. The number of hydrogen-bond donors (Lipinski definition) is 2. The molecule has 1 unspecified atom stereocenters. The van der Waals surface area contributed by atoms with Gasteiger partial charge in [-0.2, -0.15) is 0 Å². The van der Waals surface area contributed by atoms with Crippen molar-refractivity contribution in [1.29, 1.82) is 0 Å². The predicted octanol–water partition coefficient (Wildman–Crippen LogP) is 1.86. The number of thioether (sulfide) groups is 1. The molecule has 1 aromatic rings. The van der Waals surface area contributed by atoms with Gasteiger partial charge in [-0.05, 0) is 42.5 Å². The molecule has 1 aliphatic rings. The predicted molar refractivity (Wildman–Crippen MR) is 108 cm³/mol. The van der Waals surface area contributed by atoms with Crippen molar-refractivity contribution in [2.24, 2.45) is 0 Å². The number of benzene rings is 1. The van der Waals surface area contributed by atoms with Gasteiger partial charge in [0.1, 0.15) is 0 Å². The summed E-state index contributed by atoms with van der Waals surface area (Å²) in [6.45, 7) is 4.67. The molecule has 0 radical (unpaired) electrons. The third-order valence-corrected chi connectivity index (χ3v) is 7.50. The van der Waals surface area contributed by atoms with Crippen LogP contribution in [0.2, 0.25) is 0 Å². The van der Waals surface area contributed by atoms with Crippen molar-refractivity contribution in [3.8, 4) is 0 Å². The van der Waals surface area contributed by atoms with Crippen molar-refractivity contribution in [2.45, 2.75) is 28.7 Å². The lowest BCUT2D eigenvalue weighted by Crippen LogP contribution is -2.32. The maximum Gasteiger partial charge on any atom is 0.240 e. The number of ether oxygens (including phenoxy) is 1. The zero-order valence-electron chi connectivity index (χ0n) is 14.8. The summed E-state index contributed by atoms with van der Waals surface area (Å²) in [5.74, 6) is 0.573. The molecule has 1 atom stereocenters. The summed E-state index contributed by atoms with van der Waals surface area (Å²) in [7, 11) is -7.39. The van der Waals surface area contributed by atoms with Crippen molar-refractivity contribution in [3.05, 3.63) is 48.4 Å². The Labute approximate surface area is 165 Å². The van der Waals surface area contributed by atoms with Crippen LogP contribution in [0.5, 0.6) is 0 Å². The molecule has 1 saturated heterocycles. The lowest BCUT2D eigenvalue weighted by molar-refractivity contribution is 0.114. The number of hydrogen-bond acceptors (Lipinski definition) is 6. The van der Waals surface area contributed by atoms with Gasteiger partial charge in [0.15, 0.2) is 0 Å². The fraction of sp³-hybridized carbons (Fsp3) is 0.412. The van der Waals surface area contributed by atoms with Gasteiger partial charge < -0.3 is 4.74 Å². The molecule has 1 aromatic carbocycles. The Balaban J connectivity index is 1.92. The molecule has 2 rings (SSSR count). The largest absolute Gasteiger partial charge is 0.377 e. The highest BCUT2D eigenvalue weighted by molar-refractivity contribution is 8.02. The number of nitrogens with one attached hydrogen (secondary N) is 2. The monoisotopic (exact) mass is 432 g/mol. The van der Waals surface area contributed by atoms with E-state index in [0.717, 1.165) is 12.8 Å². The van der Waals surface area contributed by atoms with Crippen molar-refractivity contribution in [3.63, 3.8) is 0 Å². The molecule has 0 aromatic heterocycles. The standard InChI is InChI=1S/C17H24N2O5S3/c1-2-3-12-25-13-10-18-26(20,21)16-6-8-17(9-7-16)27(22,23)19-14-15-5-4-11-24-15/h2-3,6-9,12,15,18-19H,1,4-5,10-11,13-14H2/b12-3-. The summed E-state index contributed by atoms with van der Waals surface area (Å²) < 4.78 is 59.5. The first kappa shape index (κ1) is 22.1. The van der Waals surface area contributed by atoms with Gasteiger partial charge in [-0.25, -0.2) is 26.3 Å². The molecule has 0 aliphatic carbocycles. The third-order valence-electron chi connectivity index (χ3n) is 3.79. The van der Waals surface area contributed by atoms with Crippen molar-refractivity contribution in [1.82, 2.24) is 9.44 Å². The van der Waals surface area contributed by atoms with Crippen LogP contribution >= 0.6 is 11.8 Å². The van der Waals surface area contributed by atoms with E-state index in [1.165, 1.54) is 36.0 Å². The van der Waals surface area contributed by atoms with Gasteiger partial charge in [-0.15, -0.1) is 11.8 Å². The molecule has 0 bridgehead atoms. The minimum absolute atomic E-state index is 0.0181. The van der Waals surface area contributed by atoms with Gasteiger partial charge in [0.2, 0.25) is 20.0 Å². The maximum atomic E-state index is 12.3. The van der Waals surface area contributed by atoms with E-state index in [4.69, 9.17) is 4.74 Å².